The minimum atomic E-state index is -3.98. The number of rotatable bonds is 8. The monoisotopic (exact) mass is 476 g/mol. The molecular formula is C21H18Cl2N4O3S. The van der Waals surface area contributed by atoms with Crippen molar-refractivity contribution >= 4 is 45.3 Å². The fourth-order valence-electron chi connectivity index (χ4n) is 2.63. The number of aromatic nitrogens is 1. The van der Waals surface area contributed by atoms with Crippen LogP contribution in [0.15, 0.2) is 83.1 Å². The summed E-state index contributed by atoms with van der Waals surface area (Å²) in [4.78, 5) is 16.5. The first kappa shape index (κ1) is 22.9. The average molecular weight is 477 g/mol. The number of sulfonamides is 1. The predicted molar refractivity (Wildman–Crippen MR) is 120 cm³/mol. The molecule has 2 aromatic carbocycles. The Morgan fingerprint density at radius 3 is 2.55 bits per heavy atom. The van der Waals surface area contributed by atoms with Crippen molar-refractivity contribution in [2.45, 2.75) is 11.4 Å². The molecule has 10 heteroatoms. The number of benzene rings is 2. The number of nitrogens with one attached hydrogen (secondary N) is 1. The van der Waals surface area contributed by atoms with Crippen molar-refractivity contribution in [2.24, 2.45) is 5.10 Å². The molecule has 1 N–H and O–H groups in total. The highest BCUT2D eigenvalue weighted by atomic mass is 35.5. The number of halogens is 2. The lowest BCUT2D eigenvalue weighted by Gasteiger charge is -2.22. The molecule has 0 radical (unpaired) electrons. The summed E-state index contributed by atoms with van der Waals surface area (Å²) in [7, 11) is -3.98. The van der Waals surface area contributed by atoms with Crippen LogP contribution in [0.25, 0.3) is 0 Å². The van der Waals surface area contributed by atoms with Gasteiger partial charge >= 0.3 is 0 Å². The van der Waals surface area contributed by atoms with Crippen LogP contribution in [0.3, 0.4) is 0 Å². The molecule has 0 bridgehead atoms. The third kappa shape index (κ3) is 6.35. The lowest BCUT2D eigenvalue weighted by atomic mass is 10.2. The summed E-state index contributed by atoms with van der Waals surface area (Å²) in [5.74, 6) is -0.607. The summed E-state index contributed by atoms with van der Waals surface area (Å²) < 4.78 is 27.4. The summed E-state index contributed by atoms with van der Waals surface area (Å²) >= 11 is 12.2. The van der Waals surface area contributed by atoms with E-state index >= 15 is 0 Å². The van der Waals surface area contributed by atoms with Gasteiger partial charge in [0.1, 0.15) is 0 Å². The standard InChI is InChI=1S/C21H18Cl2N4O3S/c22-18-9-8-17(20(23)11-18)14-27(31(29,30)19-6-2-1-3-7-19)15-21(28)26-25-13-16-5-4-10-24-12-16/h1-13H,14-15H2,(H,26,28). The lowest BCUT2D eigenvalue weighted by Crippen LogP contribution is -2.39. The van der Waals surface area contributed by atoms with Crippen molar-refractivity contribution in [3.05, 3.63) is 94.2 Å². The molecule has 1 aromatic heterocycles. The van der Waals surface area contributed by atoms with Crippen molar-refractivity contribution in [2.75, 3.05) is 6.54 Å². The van der Waals surface area contributed by atoms with E-state index in [1.807, 2.05) is 0 Å². The Morgan fingerprint density at radius 2 is 1.87 bits per heavy atom. The summed E-state index contributed by atoms with van der Waals surface area (Å²) in [6.45, 7) is -0.576. The van der Waals surface area contributed by atoms with Gasteiger partial charge in [-0.2, -0.15) is 9.41 Å². The number of pyridine rings is 1. The number of hydrogen-bond acceptors (Lipinski definition) is 5. The topological polar surface area (TPSA) is 91.7 Å². The van der Waals surface area contributed by atoms with Gasteiger partial charge in [-0.1, -0.05) is 53.5 Å². The molecule has 0 fully saturated rings. The van der Waals surface area contributed by atoms with Crippen LogP contribution in [0.1, 0.15) is 11.1 Å². The van der Waals surface area contributed by atoms with E-state index in [0.29, 0.717) is 21.2 Å². The molecule has 0 unspecified atom stereocenters. The highest BCUT2D eigenvalue weighted by molar-refractivity contribution is 7.89. The van der Waals surface area contributed by atoms with Crippen molar-refractivity contribution in [3.8, 4) is 0 Å². The van der Waals surface area contributed by atoms with E-state index in [0.717, 1.165) is 4.31 Å². The Kier molecular flexibility index (Phi) is 7.75. The summed E-state index contributed by atoms with van der Waals surface area (Å²) in [6, 6.07) is 16.1. The largest absolute Gasteiger partial charge is 0.272 e. The SMILES string of the molecule is O=C(CN(Cc1ccc(Cl)cc1Cl)S(=O)(=O)c1ccccc1)NN=Cc1cccnc1. The van der Waals surface area contributed by atoms with Crippen LogP contribution in [0.5, 0.6) is 0 Å². The Labute approximate surface area is 190 Å². The smallest absolute Gasteiger partial charge is 0.255 e. The molecule has 0 aliphatic carbocycles. The van der Waals surface area contributed by atoms with E-state index < -0.39 is 22.5 Å². The van der Waals surface area contributed by atoms with E-state index in [1.54, 1.807) is 54.9 Å². The summed E-state index contributed by atoms with van der Waals surface area (Å²) in [6.07, 6.45) is 4.60. The van der Waals surface area contributed by atoms with Crippen LogP contribution in [0, 0.1) is 0 Å². The molecule has 3 rings (SSSR count). The Balaban J connectivity index is 1.81. The number of carbonyl (C=O) groups is 1. The van der Waals surface area contributed by atoms with E-state index in [4.69, 9.17) is 23.2 Å². The zero-order valence-corrected chi connectivity index (χ0v) is 18.5. The van der Waals surface area contributed by atoms with Crippen LogP contribution in [0.4, 0.5) is 0 Å². The van der Waals surface area contributed by atoms with Gasteiger partial charge in [-0.25, -0.2) is 13.8 Å². The summed E-state index contributed by atoms with van der Waals surface area (Å²) in [5.41, 5.74) is 3.53. The molecule has 0 saturated carbocycles. The fraction of sp³-hybridized carbons (Fsp3) is 0.0952. The Hall–Kier alpha value is -2.78. The number of hydrazone groups is 1. The van der Waals surface area contributed by atoms with E-state index in [2.05, 4.69) is 15.5 Å². The molecule has 0 aliphatic rings. The fourth-order valence-corrected chi connectivity index (χ4v) is 4.50. The second kappa shape index (κ2) is 10.5. The van der Waals surface area contributed by atoms with Gasteiger partial charge in [0.2, 0.25) is 10.0 Å². The normalized spacial score (nSPS) is 11.7. The van der Waals surface area contributed by atoms with Gasteiger partial charge in [0.05, 0.1) is 17.7 Å². The van der Waals surface area contributed by atoms with Crippen molar-refractivity contribution in [1.29, 1.82) is 0 Å². The third-order valence-corrected chi connectivity index (χ3v) is 6.54. The minimum absolute atomic E-state index is 0.0618. The molecule has 7 nitrogen and oxygen atoms in total. The highest BCUT2D eigenvalue weighted by Crippen LogP contribution is 2.25. The zero-order chi connectivity index (χ0) is 22.3. The number of carbonyl (C=O) groups excluding carboxylic acids is 1. The van der Waals surface area contributed by atoms with E-state index in [-0.39, 0.29) is 11.4 Å². The van der Waals surface area contributed by atoms with Crippen LogP contribution < -0.4 is 5.43 Å². The molecule has 0 atom stereocenters. The third-order valence-electron chi connectivity index (χ3n) is 4.15. The van der Waals surface area contributed by atoms with Crippen molar-refractivity contribution in [3.63, 3.8) is 0 Å². The molecule has 1 amide bonds. The quantitative estimate of drug-likeness (QED) is 0.396. The van der Waals surface area contributed by atoms with Crippen LogP contribution in [-0.2, 0) is 21.4 Å². The van der Waals surface area contributed by atoms with Gasteiger partial charge < -0.3 is 0 Å². The number of nitrogens with zero attached hydrogens (tertiary/aromatic N) is 3. The molecular weight excluding hydrogens is 459 g/mol. The second-order valence-electron chi connectivity index (χ2n) is 6.40. The first-order valence-electron chi connectivity index (χ1n) is 9.07. The van der Waals surface area contributed by atoms with Crippen LogP contribution >= 0.6 is 23.2 Å². The highest BCUT2D eigenvalue weighted by Gasteiger charge is 2.27. The maximum atomic E-state index is 13.2. The molecule has 0 spiro atoms. The number of amides is 1. The van der Waals surface area contributed by atoms with Crippen LogP contribution in [0.2, 0.25) is 10.0 Å². The zero-order valence-electron chi connectivity index (χ0n) is 16.2. The van der Waals surface area contributed by atoms with Crippen molar-refractivity contribution in [1.82, 2.24) is 14.7 Å². The Bertz CT molecular complexity index is 1170. The van der Waals surface area contributed by atoms with Gasteiger partial charge in [0.15, 0.2) is 0 Å². The maximum Gasteiger partial charge on any atom is 0.255 e. The average Bonchev–Trinajstić information content (AvgIpc) is 2.76. The van der Waals surface area contributed by atoms with Gasteiger partial charge in [-0.15, -0.1) is 0 Å². The number of hydrogen-bond donors (Lipinski definition) is 1. The van der Waals surface area contributed by atoms with Gasteiger partial charge in [0.25, 0.3) is 5.91 Å². The Morgan fingerprint density at radius 1 is 1.10 bits per heavy atom. The first-order valence-corrected chi connectivity index (χ1v) is 11.3. The molecule has 3 aromatic rings. The van der Waals surface area contributed by atoms with E-state index in [9.17, 15) is 13.2 Å². The predicted octanol–water partition coefficient (Wildman–Crippen LogP) is 3.73. The maximum absolute atomic E-state index is 13.2. The van der Waals surface area contributed by atoms with Crippen LogP contribution in [-0.4, -0.2) is 36.4 Å². The molecule has 31 heavy (non-hydrogen) atoms. The second-order valence-corrected chi connectivity index (χ2v) is 9.18. The molecule has 1 heterocycles. The van der Waals surface area contributed by atoms with E-state index in [1.165, 1.54) is 24.4 Å². The van der Waals surface area contributed by atoms with Gasteiger partial charge in [-0.3, -0.25) is 9.78 Å². The molecule has 160 valence electrons. The lowest BCUT2D eigenvalue weighted by molar-refractivity contribution is -0.121. The van der Waals surface area contributed by atoms with Crippen molar-refractivity contribution < 1.29 is 13.2 Å². The summed E-state index contributed by atoms with van der Waals surface area (Å²) in [5, 5.41) is 4.58. The van der Waals surface area contributed by atoms with Gasteiger partial charge in [-0.05, 0) is 35.9 Å². The molecule has 0 saturated heterocycles. The first-order chi connectivity index (χ1) is 14.9. The molecule has 0 aliphatic heterocycles. The van der Waals surface area contributed by atoms with Gasteiger partial charge in [0, 0.05) is 34.5 Å². The minimum Gasteiger partial charge on any atom is -0.272 e.